The van der Waals surface area contributed by atoms with E-state index in [1.54, 1.807) is 0 Å². The van der Waals surface area contributed by atoms with E-state index >= 15 is 0 Å². The van der Waals surface area contributed by atoms with Crippen LogP contribution in [0.5, 0.6) is 0 Å². The van der Waals surface area contributed by atoms with Crippen LogP contribution < -0.4 is 5.32 Å². The molecular formula is C14H27N3. The summed E-state index contributed by atoms with van der Waals surface area (Å²) in [6.45, 7) is 13.0. The first-order valence-corrected chi connectivity index (χ1v) is 6.84. The summed E-state index contributed by atoms with van der Waals surface area (Å²) in [6.07, 6.45) is 3.59. The Morgan fingerprint density at radius 1 is 1.18 bits per heavy atom. The third kappa shape index (κ3) is 3.56. The average molecular weight is 237 g/mol. The maximum atomic E-state index is 4.68. The van der Waals surface area contributed by atoms with Crippen molar-refractivity contribution < 1.29 is 0 Å². The highest BCUT2D eigenvalue weighted by Gasteiger charge is 2.15. The van der Waals surface area contributed by atoms with Crippen molar-refractivity contribution in [1.82, 2.24) is 15.1 Å². The lowest BCUT2D eigenvalue weighted by Gasteiger charge is -2.19. The fourth-order valence-electron chi connectivity index (χ4n) is 2.19. The number of nitrogens with one attached hydrogen (secondary N) is 1. The minimum Gasteiger partial charge on any atom is -0.315 e. The highest BCUT2D eigenvalue weighted by Crippen LogP contribution is 2.19. The van der Waals surface area contributed by atoms with Crippen molar-refractivity contribution >= 4 is 0 Å². The Hall–Kier alpha value is -0.830. The minimum absolute atomic E-state index is 0.499. The predicted molar refractivity (Wildman–Crippen MR) is 73.5 cm³/mol. The Kier molecular flexibility index (Phi) is 5.69. The lowest BCUT2D eigenvalue weighted by Crippen LogP contribution is -2.27. The van der Waals surface area contributed by atoms with Gasteiger partial charge >= 0.3 is 0 Å². The minimum atomic E-state index is 0.499. The summed E-state index contributed by atoms with van der Waals surface area (Å²) in [7, 11) is 0. The van der Waals surface area contributed by atoms with E-state index in [0.717, 1.165) is 13.1 Å². The topological polar surface area (TPSA) is 29.9 Å². The van der Waals surface area contributed by atoms with Crippen molar-refractivity contribution in [3.63, 3.8) is 0 Å². The van der Waals surface area contributed by atoms with Crippen LogP contribution in [0.4, 0.5) is 0 Å². The molecule has 0 aromatic carbocycles. The van der Waals surface area contributed by atoms with Crippen LogP contribution in [0, 0.1) is 20.8 Å². The molecular weight excluding hydrogens is 210 g/mol. The Bertz CT molecular complexity index is 341. The molecule has 0 aliphatic heterocycles. The van der Waals surface area contributed by atoms with Crippen LogP contribution in [0.1, 0.15) is 56.1 Å². The molecule has 0 radical (unpaired) electrons. The smallest absolute Gasteiger partial charge is 0.0646 e. The maximum Gasteiger partial charge on any atom is 0.0646 e. The molecule has 1 aromatic heterocycles. The van der Waals surface area contributed by atoms with Gasteiger partial charge in [-0.25, -0.2) is 0 Å². The van der Waals surface area contributed by atoms with Gasteiger partial charge in [0.15, 0.2) is 0 Å². The van der Waals surface area contributed by atoms with E-state index in [0.29, 0.717) is 6.04 Å². The molecule has 3 heteroatoms. The highest BCUT2D eigenvalue weighted by molar-refractivity contribution is 5.22. The van der Waals surface area contributed by atoms with Gasteiger partial charge < -0.3 is 5.32 Å². The Balaban J connectivity index is 2.77. The summed E-state index contributed by atoms with van der Waals surface area (Å²) in [5.74, 6) is 0. The van der Waals surface area contributed by atoms with Crippen LogP contribution in [0.15, 0.2) is 0 Å². The van der Waals surface area contributed by atoms with Gasteiger partial charge in [0.25, 0.3) is 0 Å². The van der Waals surface area contributed by atoms with E-state index in [2.05, 4.69) is 49.7 Å². The Labute approximate surface area is 106 Å². The van der Waals surface area contributed by atoms with Gasteiger partial charge in [0.1, 0.15) is 0 Å². The Morgan fingerprint density at radius 2 is 1.88 bits per heavy atom. The lowest BCUT2D eigenvalue weighted by atomic mass is 10.1. The maximum absolute atomic E-state index is 4.68. The zero-order chi connectivity index (χ0) is 12.8. The summed E-state index contributed by atoms with van der Waals surface area (Å²) in [4.78, 5) is 0. The molecule has 1 rings (SSSR count). The molecule has 17 heavy (non-hydrogen) atoms. The van der Waals surface area contributed by atoms with Crippen molar-refractivity contribution in [3.8, 4) is 0 Å². The van der Waals surface area contributed by atoms with Gasteiger partial charge in [-0.3, -0.25) is 4.68 Å². The number of nitrogens with zero attached hydrogens (tertiary/aromatic N) is 2. The number of aryl methyl sites for hydroxylation is 1. The molecule has 0 saturated heterocycles. The molecule has 0 aliphatic rings. The highest BCUT2D eigenvalue weighted by atomic mass is 15.3. The molecule has 1 unspecified atom stereocenters. The number of rotatable bonds is 7. The second-order valence-electron chi connectivity index (χ2n) is 4.89. The van der Waals surface area contributed by atoms with E-state index in [1.807, 2.05) is 0 Å². The molecule has 0 amide bonds. The zero-order valence-corrected chi connectivity index (χ0v) is 12.0. The van der Waals surface area contributed by atoms with Gasteiger partial charge in [0.2, 0.25) is 0 Å². The van der Waals surface area contributed by atoms with E-state index in [9.17, 15) is 0 Å². The van der Waals surface area contributed by atoms with Crippen LogP contribution in [-0.2, 0) is 0 Å². The van der Waals surface area contributed by atoms with Crippen LogP contribution in [0.2, 0.25) is 0 Å². The number of hydrogen-bond acceptors (Lipinski definition) is 2. The molecule has 1 N–H and O–H groups in total. The average Bonchev–Trinajstić information content (AvgIpc) is 2.56. The molecule has 1 atom stereocenters. The number of hydrogen-bond donors (Lipinski definition) is 1. The summed E-state index contributed by atoms with van der Waals surface area (Å²) in [5, 5.41) is 8.20. The molecule has 0 saturated carbocycles. The summed E-state index contributed by atoms with van der Waals surface area (Å²) in [5.41, 5.74) is 3.82. The second kappa shape index (κ2) is 6.80. The van der Waals surface area contributed by atoms with Crippen LogP contribution in [-0.4, -0.2) is 22.9 Å². The second-order valence-corrected chi connectivity index (χ2v) is 4.89. The third-order valence-corrected chi connectivity index (χ3v) is 3.46. The fourth-order valence-corrected chi connectivity index (χ4v) is 2.19. The SMILES string of the molecule is CCCNCC(CCC)n1nc(C)c(C)c1C. The summed E-state index contributed by atoms with van der Waals surface area (Å²) < 4.78 is 2.22. The van der Waals surface area contributed by atoms with Crippen molar-refractivity contribution in [2.75, 3.05) is 13.1 Å². The quantitative estimate of drug-likeness (QED) is 0.738. The predicted octanol–water partition coefficient (Wildman–Crippen LogP) is 3.15. The molecule has 98 valence electrons. The molecule has 0 bridgehead atoms. The summed E-state index contributed by atoms with van der Waals surface area (Å²) >= 11 is 0. The summed E-state index contributed by atoms with van der Waals surface area (Å²) in [6, 6.07) is 0.499. The van der Waals surface area contributed by atoms with E-state index < -0.39 is 0 Å². The fraction of sp³-hybridized carbons (Fsp3) is 0.786. The normalized spacial score (nSPS) is 13.0. The standard InChI is InChI=1S/C14H27N3/c1-6-8-14(10-15-9-7-2)17-13(5)11(3)12(4)16-17/h14-15H,6-10H2,1-5H3. The zero-order valence-electron chi connectivity index (χ0n) is 12.0. The number of aromatic nitrogens is 2. The Morgan fingerprint density at radius 3 is 2.35 bits per heavy atom. The first kappa shape index (κ1) is 14.2. The first-order valence-electron chi connectivity index (χ1n) is 6.84. The van der Waals surface area contributed by atoms with Gasteiger partial charge in [-0.15, -0.1) is 0 Å². The molecule has 0 fully saturated rings. The molecule has 1 aromatic rings. The first-order chi connectivity index (χ1) is 8.11. The third-order valence-electron chi connectivity index (χ3n) is 3.46. The van der Waals surface area contributed by atoms with Crippen molar-refractivity contribution in [2.24, 2.45) is 0 Å². The largest absolute Gasteiger partial charge is 0.315 e. The van der Waals surface area contributed by atoms with E-state index in [-0.39, 0.29) is 0 Å². The van der Waals surface area contributed by atoms with Gasteiger partial charge in [0.05, 0.1) is 11.7 Å². The van der Waals surface area contributed by atoms with Gasteiger partial charge in [-0.1, -0.05) is 20.3 Å². The molecule has 3 nitrogen and oxygen atoms in total. The van der Waals surface area contributed by atoms with Crippen LogP contribution >= 0.6 is 0 Å². The van der Waals surface area contributed by atoms with Gasteiger partial charge in [-0.2, -0.15) is 5.10 Å². The van der Waals surface area contributed by atoms with E-state index in [4.69, 9.17) is 0 Å². The van der Waals surface area contributed by atoms with Crippen molar-refractivity contribution in [1.29, 1.82) is 0 Å². The van der Waals surface area contributed by atoms with Crippen molar-refractivity contribution in [2.45, 2.75) is 59.9 Å². The monoisotopic (exact) mass is 237 g/mol. The van der Waals surface area contributed by atoms with Crippen LogP contribution in [0.3, 0.4) is 0 Å². The van der Waals surface area contributed by atoms with E-state index in [1.165, 1.54) is 36.2 Å². The molecule has 1 heterocycles. The van der Waals surface area contributed by atoms with Gasteiger partial charge in [-0.05, 0) is 45.7 Å². The van der Waals surface area contributed by atoms with Crippen LogP contribution in [0.25, 0.3) is 0 Å². The van der Waals surface area contributed by atoms with Gasteiger partial charge in [0, 0.05) is 12.2 Å². The lowest BCUT2D eigenvalue weighted by molar-refractivity contribution is 0.388. The molecule has 0 spiro atoms. The van der Waals surface area contributed by atoms with Crippen molar-refractivity contribution in [3.05, 3.63) is 17.0 Å². The molecule has 0 aliphatic carbocycles.